The van der Waals surface area contributed by atoms with Gasteiger partial charge in [-0.25, -0.2) is 15.0 Å². The van der Waals surface area contributed by atoms with Crippen LogP contribution in [0.5, 0.6) is 0 Å². The first-order valence-electron chi connectivity index (χ1n) is 19.2. The minimum Gasteiger partial charge on any atom is -0.456 e. The lowest BCUT2D eigenvalue weighted by atomic mass is 9.88. The summed E-state index contributed by atoms with van der Waals surface area (Å²) in [7, 11) is 0. The number of hydrogen-bond acceptors (Lipinski definition) is 5. The first-order chi connectivity index (χ1) is 28.2. The maximum atomic E-state index is 6.49. The zero-order valence-electron chi connectivity index (χ0n) is 30.6. The van der Waals surface area contributed by atoms with Crippen molar-refractivity contribution in [1.82, 2.24) is 15.0 Å². The van der Waals surface area contributed by atoms with Gasteiger partial charge >= 0.3 is 0 Å². The van der Waals surface area contributed by atoms with Crippen LogP contribution in [0.1, 0.15) is 22.6 Å². The molecule has 12 rings (SSSR count). The molecule has 1 aliphatic rings. The molecule has 0 aliphatic heterocycles. The Kier molecular flexibility index (Phi) is 6.92. The maximum Gasteiger partial charge on any atom is 0.164 e. The van der Waals surface area contributed by atoms with E-state index in [0.29, 0.717) is 17.5 Å². The van der Waals surface area contributed by atoms with Gasteiger partial charge in [-0.2, -0.15) is 0 Å². The molecule has 57 heavy (non-hydrogen) atoms. The number of fused-ring (bicyclic) bond motifs is 9. The zero-order valence-corrected chi connectivity index (χ0v) is 30.6. The van der Waals surface area contributed by atoms with Crippen molar-refractivity contribution in [3.05, 3.63) is 199 Å². The van der Waals surface area contributed by atoms with Crippen LogP contribution in [0.25, 0.3) is 100 Å². The van der Waals surface area contributed by atoms with E-state index in [-0.39, 0.29) is 5.92 Å². The molecule has 0 N–H and O–H groups in total. The molecule has 266 valence electrons. The monoisotopic (exact) mass is 729 g/mol. The second-order valence-corrected chi connectivity index (χ2v) is 14.7. The summed E-state index contributed by atoms with van der Waals surface area (Å²) >= 11 is 0. The lowest BCUT2D eigenvalue weighted by molar-refractivity contribution is 0.668. The standard InChI is InChI=1S/C52H31N3O2/c1-3-11-31(12-4-1)50-53-51(32-13-5-2-6-14-32)55-52(54-50)36-22-26-45-42(29-36)39-23-19-34(30-48(39)57-45)33-20-24-46-43(27-33)44-28-35(21-25-47(44)56-46)49-40-17-9-7-15-37(40)38-16-8-10-18-41(38)49/h1-30,49H. The van der Waals surface area contributed by atoms with Gasteiger partial charge in [0.25, 0.3) is 0 Å². The van der Waals surface area contributed by atoms with Crippen LogP contribution in [-0.4, -0.2) is 15.0 Å². The predicted molar refractivity (Wildman–Crippen MR) is 229 cm³/mol. The molecule has 0 radical (unpaired) electrons. The van der Waals surface area contributed by atoms with Crippen LogP contribution in [0, 0.1) is 0 Å². The smallest absolute Gasteiger partial charge is 0.164 e. The molecule has 8 aromatic carbocycles. The highest BCUT2D eigenvalue weighted by Crippen LogP contribution is 2.48. The van der Waals surface area contributed by atoms with Gasteiger partial charge in [0.15, 0.2) is 17.5 Å². The highest BCUT2D eigenvalue weighted by Gasteiger charge is 2.29. The Balaban J connectivity index is 0.932. The topological polar surface area (TPSA) is 65.0 Å². The summed E-state index contributed by atoms with van der Waals surface area (Å²) in [4.78, 5) is 14.8. The SMILES string of the molecule is c1ccc(-c2nc(-c3ccccc3)nc(-c3ccc4oc5cc(-c6ccc7oc8ccc(C9c%10ccccc%10-c%10ccccc%109)cc8c7c6)ccc5c4c3)n2)cc1. The van der Waals surface area contributed by atoms with E-state index in [1.54, 1.807) is 0 Å². The Morgan fingerprint density at radius 1 is 0.316 bits per heavy atom. The molecule has 0 fully saturated rings. The van der Waals surface area contributed by atoms with Crippen molar-refractivity contribution in [2.75, 3.05) is 0 Å². The van der Waals surface area contributed by atoms with Crippen LogP contribution >= 0.6 is 0 Å². The van der Waals surface area contributed by atoms with Crippen LogP contribution in [-0.2, 0) is 0 Å². The Labute approximate surface area is 327 Å². The fourth-order valence-electron chi connectivity index (χ4n) is 8.70. The third-order valence-corrected chi connectivity index (χ3v) is 11.4. The number of nitrogens with zero attached hydrogens (tertiary/aromatic N) is 3. The van der Waals surface area contributed by atoms with Crippen molar-refractivity contribution >= 4 is 43.9 Å². The van der Waals surface area contributed by atoms with Gasteiger partial charge in [-0.3, -0.25) is 0 Å². The summed E-state index contributed by atoms with van der Waals surface area (Å²) < 4.78 is 12.9. The van der Waals surface area contributed by atoms with Gasteiger partial charge in [0.05, 0.1) is 0 Å². The Bertz CT molecular complexity index is 3260. The molecule has 0 bridgehead atoms. The van der Waals surface area contributed by atoms with Crippen molar-refractivity contribution in [1.29, 1.82) is 0 Å². The summed E-state index contributed by atoms with van der Waals surface area (Å²) in [5, 5.41) is 4.26. The minimum atomic E-state index is 0.174. The van der Waals surface area contributed by atoms with E-state index in [4.69, 9.17) is 23.8 Å². The molecule has 0 amide bonds. The highest BCUT2D eigenvalue weighted by atomic mass is 16.3. The third-order valence-electron chi connectivity index (χ3n) is 11.4. The van der Waals surface area contributed by atoms with Crippen LogP contribution in [0.3, 0.4) is 0 Å². The fourth-order valence-corrected chi connectivity index (χ4v) is 8.70. The van der Waals surface area contributed by atoms with Crippen molar-refractivity contribution < 1.29 is 8.83 Å². The summed E-state index contributed by atoms with van der Waals surface area (Å²) in [6.07, 6.45) is 0. The molecule has 0 unspecified atom stereocenters. The van der Waals surface area contributed by atoms with E-state index in [0.717, 1.165) is 71.7 Å². The van der Waals surface area contributed by atoms with Crippen molar-refractivity contribution in [2.45, 2.75) is 5.92 Å². The normalized spacial score (nSPS) is 12.5. The van der Waals surface area contributed by atoms with Gasteiger partial charge in [-0.15, -0.1) is 0 Å². The minimum absolute atomic E-state index is 0.174. The van der Waals surface area contributed by atoms with E-state index in [2.05, 4.69) is 109 Å². The number of hydrogen-bond donors (Lipinski definition) is 0. The number of rotatable bonds is 5. The predicted octanol–water partition coefficient (Wildman–Crippen LogP) is 13.5. The molecule has 0 saturated carbocycles. The van der Waals surface area contributed by atoms with Gasteiger partial charge < -0.3 is 8.83 Å². The average Bonchev–Trinajstić information content (AvgIpc) is 3.95. The summed E-state index contributed by atoms with van der Waals surface area (Å²) in [5.74, 6) is 2.05. The molecule has 3 heterocycles. The van der Waals surface area contributed by atoms with E-state index in [1.807, 2.05) is 72.8 Å². The van der Waals surface area contributed by atoms with Gasteiger partial charge in [0.1, 0.15) is 22.3 Å². The van der Waals surface area contributed by atoms with Gasteiger partial charge in [0.2, 0.25) is 0 Å². The van der Waals surface area contributed by atoms with Crippen molar-refractivity contribution in [3.63, 3.8) is 0 Å². The molecule has 0 atom stereocenters. The third kappa shape index (κ3) is 5.13. The van der Waals surface area contributed by atoms with Gasteiger partial charge in [-0.1, -0.05) is 127 Å². The molecule has 1 aliphatic carbocycles. The molecule has 0 spiro atoms. The van der Waals surface area contributed by atoms with Crippen LogP contribution in [0.4, 0.5) is 0 Å². The Morgan fingerprint density at radius 2 is 0.772 bits per heavy atom. The lowest BCUT2D eigenvalue weighted by Gasteiger charge is -2.14. The van der Waals surface area contributed by atoms with Crippen LogP contribution < -0.4 is 0 Å². The second kappa shape index (κ2) is 12.4. The molecule has 3 aromatic heterocycles. The van der Waals surface area contributed by atoms with Crippen LogP contribution in [0.2, 0.25) is 0 Å². The molecular weight excluding hydrogens is 699 g/mol. The Morgan fingerprint density at radius 3 is 1.42 bits per heavy atom. The lowest BCUT2D eigenvalue weighted by Crippen LogP contribution is -2.00. The molecule has 5 nitrogen and oxygen atoms in total. The number of benzene rings is 8. The average molecular weight is 730 g/mol. The maximum absolute atomic E-state index is 6.49. The van der Waals surface area contributed by atoms with Crippen molar-refractivity contribution in [3.8, 4) is 56.4 Å². The summed E-state index contributed by atoms with van der Waals surface area (Å²) in [6, 6.07) is 63.4. The van der Waals surface area contributed by atoms with E-state index in [1.165, 1.54) is 27.8 Å². The van der Waals surface area contributed by atoms with E-state index >= 15 is 0 Å². The van der Waals surface area contributed by atoms with Gasteiger partial charge in [-0.05, 0) is 93.5 Å². The van der Waals surface area contributed by atoms with E-state index in [9.17, 15) is 0 Å². The summed E-state index contributed by atoms with van der Waals surface area (Å²) in [5.41, 5.74) is 14.9. The highest BCUT2D eigenvalue weighted by molar-refractivity contribution is 6.09. The number of aromatic nitrogens is 3. The van der Waals surface area contributed by atoms with Crippen LogP contribution in [0.15, 0.2) is 191 Å². The quantitative estimate of drug-likeness (QED) is 0.176. The summed E-state index contributed by atoms with van der Waals surface area (Å²) in [6.45, 7) is 0. The number of furan rings is 2. The Hall–Kier alpha value is -7.63. The van der Waals surface area contributed by atoms with Crippen molar-refractivity contribution in [2.24, 2.45) is 0 Å². The van der Waals surface area contributed by atoms with E-state index < -0.39 is 0 Å². The molecule has 5 heteroatoms. The first kappa shape index (κ1) is 31.7. The molecular formula is C52H31N3O2. The van der Waals surface area contributed by atoms with Gasteiger partial charge in [0, 0.05) is 44.2 Å². The molecule has 11 aromatic rings. The molecule has 0 saturated heterocycles. The largest absolute Gasteiger partial charge is 0.456 e. The zero-order chi connectivity index (χ0) is 37.5. The second-order valence-electron chi connectivity index (χ2n) is 14.7. The first-order valence-corrected chi connectivity index (χ1v) is 19.2. The fraction of sp³-hybridized carbons (Fsp3) is 0.0192.